The molecule has 0 aliphatic rings. The molecule has 0 saturated heterocycles. The topological polar surface area (TPSA) is 50.4 Å². The van der Waals surface area contributed by atoms with Crippen LogP contribution in [0.2, 0.25) is 0 Å². The van der Waals surface area contributed by atoms with Crippen LogP contribution in [0.4, 0.5) is 0 Å². The fourth-order valence-electron chi connectivity index (χ4n) is 1.61. The van der Waals surface area contributed by atoms with Gasteiger partial charge in [-0.25, -0.2) is 4.79 Å². The number of rotatable bonds is 2. The van der Waals surface area contributed by atoms with Gasteiger partial charge in [-0.2, -0.15) is 0 Å². The maximum atomic E-state index is 10.9. The molecular formula is C13H12O3. The van der Waals surface area contributed by atoms with Crippen LogP contribution in [0.1, 0.15) is 21.7 Å². The summed E-state index contributed by atoms with van der Waals surface area (Å²) in [5.41, 5.74) is 3.81. The van der Waals surface area contributed by atoms with Crippen LogP contribution in [0.25, 0.3) is 11.1 Å². The maximum Gasteiger partial charge on any atom is 0.372 e. The summed E-state index contributed by atoms with van der Waals surface area (Å²) in [7, 11) is 0. The van der Waals surface area contributed by atoms with E-state index in [0.717, 1.165) is 11.1 Å². The lowest BCUT2D eigenvalue weighted by Gasteiger charge is -2.04. The summed E-state index contributed by atoms with van der Waals surface area (Å²) in [5.74, 6) is -1.05. The van der Waals surface area contributed by atoms with Gasteiger partial charge in [-0.3, -0.25) is 0 Å². The van der Waals surface area contributed by atoms with Crippen LogP contribution in [0.5, 0.6) is 0 Å². The van der Waals surface area contributed by atoms with E-state index in [-0.39, 0.29) is 5.76 Å². The largest absolute Gasteiger partial charge is 0.475 e. The van der Waals surface area contributed by atoms with Gasteiger partial charge in [-0.15, -0.1) is 0 Å². The summed E-state index contributed by atoms with van der Waals surface area (Å²) in [4.78, 5) is 10.9. The SMILES string of the molecule is Cc1ccc(-c2ccoc2C(=O)O)cc1C. The fraction of sp³-hybridized carbons (Fsp3) is 0.154. The third-order valence-electron chi connectivity index (χ3n) is 2.68. The standard InChI is InChI=1S/C13H12O3/c1-8-3-4-10(7-9(8)2)11-5-6-16-12(11)13(14)15/h3-7H,1-2H3,(H,14,15). The average Bonchev–Trinajstić information content (AvgIpc) is 2.71. The van der Waals surface area contributed by atoms with Gasteiger partial charge >= 0.3 is 5.97 Å². The monoisotopic (exact) mass is 216 g/mol. The Balaban J connectivity index is 2.54. The van der Waals surface area contributed by atoms with Crippen molar-refractivity contribution >= 4 is 5.97 Å². The van der Waals surface area contributed by atoms with Crippen LogP contribution in [-0.2, 0) is 0 Å². The Morgan fingerprint density at radius 2 is 1.94 bits per heavy atom. The molecule has 0 unspecified atom stereocenters. The van der Waals surface area contributed by atoms with E-state index in [4.69, 9.17) is 9.52 Å². The first-order valence-corrected chi connectivity index (χ1v) is 4.98. The number of aromatic carboxylic acids is 1. The highest BCUT2D eigenvalue weighted by atomic mass is 16.4. The molecule has 1 aromatic heterocycles. The molecule has 0 atom stereocenters. The van der Waals surface area contributed by atoms with Crippen molar-refractivity contribution in [1.82, 2.24) is 0 Å². The van der Waals surface area contributed by atoms with Crippen molar-refractivity contribution in [3.63, 3.8) is 0 Å². The first kappa shape index (κ1) is 10.5. The molecule has 16 heavy (non-hydrogen) atoms. The van der Waals surface area contributed by atoms with Gasteiger partial charge in [0.25, 0.3) is 0 Å². The first-order chi connectivity index (χ1) is 7.59. The Labute approximate surface area is 93.3 Å². The molecule has 0 bridgehead atoms. The molecule has 2 aromatic rings. The molecule has 0 spiro atoms. The molecule has 0 amide bonds. The van der Waals surface area contributed by atoms with E-state index in [1.54, 1.807) is 6.07 Å². The molecule has 0 fully saturated rings. The number of hydrogen-bond acceptors (Lipinski definition) is 2. The van der Waals surface area contributed by atoms with Gasteiger partial charge < -0.3 is 9.52 Å². The number of benzene rings is 1. The summed E-state index contributed by atoms with van der Waals surface area (Å²) in [6.07, 6.45) is 1.40. The number of carbonyl (C=O) groups is 1. The Hall–Kier alpha value is -2.03. The zero-order valence-electron chi connectivity index (χ0n) is 9.15. The molecule has 1 heterocycles. The lowest BCUT2D eigenvalue weighted by Crippen LogP contribution is -1.96. The summed E-state index contributed by atoms with van der Waals surface area (Å²) in [5, 5.41) is 8.95. The zero-order valence-corrected chi connectivity index (χ0v) is 9.15. The van der Waals surface area contributed by atoms with Crippen LogP contribution < -0.4 is 0 Å². The summed E-state index contributed by atoms with van der Waals surface area (Å²) < 4.78 is 4.95. The van der Waals surface area contributed by atoms with Crippen molar-refractivity contribution in [2.45, 2.75) is 13.8 Å². The summed E-state index contributed by atoms with van der Waals surface area (Å²) >= 11 is 0. The minimum Gasteiger partial charge on any atom is -0.475 e. The van der Waals surface area contributed by atoms with Gasteiger partial charge in [0.1, 0.15) is 0 Å². The van der Waals surface area contributed by atoms with Crippen molar-refractivity contribution in [3.05, 3.63) is 47.4 Å². The molecule has 0 saturated carbocycles. The Morgan fingerprint density at radius 3 is 2.56 bits per heavy atom. The molecule has 3 heteroatoms. The van der Waals surface area contributed by atoms with Crippen molar-refractivity contribution < 1.29 is 14.3 Å². The molecule has 82 valence electrons. The second kappa shape index (κ2) is 3.85. The number of aryl methyl sites for hydroxylation is 2. The predicted molar refractivity (Wildman–Crippen MR) is 60.6 cm³/mol. The Kier molecular flexibility index (Phi) is 2.52. The number of carboxylic acids is 1. The lowest BCUT2D eigenvalue weighted by molar-refractivity contribution is 0.0663. The van der Waals surface area contributed by atoms with E-state index in [9.17, 15) is 4.79 Å². The van der Waals surface area contributed by atoms with Gasteiger partial charge in [0, 0.05) is 5.56 Å². The van der Waals surface area contributed by atoms with Gasteiger partial charge in [0.05, 0.1) is 6.26 Å². The quantitative estimate of drug-likeness (QED) is 0.838. The number of furan rings is 1. The van der Waals surface area contributed by atoms with Crippen LogP contribution in [0.3, 0.4) is 0 Å². The van der Waals surface area contributed by atoms with E-state index >= 15 is 0 Å². The Bertz CT molecular complexity index is 538. The third-order valence-corrected chi connectivity index (χ3v) is 2.68. The molecule has 2 rings (SSSR count). The van der Waals surface area contributed by atoms with E-state index in [0.29, 0.717) is 5.56 Å². The molecular weight excluding hydrogens is 204 g/mol. The number of carboxylic acid groups (broad SMARTS) is 1. The lowest BCUT2D eigenvalue weighted by atomic mass is 10.0. The highest BCUT2D eigenvalue weighted by molar-refractivity contribution is 5.93. The van der Waals surface area contributed by atoms with Crippen molar-refractivity contribution in [3.8, 4) is 11.1 Å². The van der Waals surface area contributed by atoms with Gasteiger partial charge in [-0.1, -0.05) is 18.2 Å². The van der Waals surface area contributed by atoms with Crippen LogP contribution in [0, 0.1) is 13.8 Å². The molecule has 1 N–H and O–H groups in total. The van der Waals surface area contributed by atoms with E-state index in [1.165, 1.54) is 11.8 Å². The van der Waals surface area contributed by atoms with Crippen molar-refractivity contribution in [2.24, 2.45) is 0 Å². The molecule has 3 nitrogen and oxygen atoms in total. The van der Waals surface area contributed by atoms with Crippen molar-refractivity contribution in [2.75, 3.05) is 0 Å². The third kappa shape index (κ3) is 1.72. The van der Waals surface area contributed by atoms with E-state index in [1.807, 2.05) is 32.0 Å². The fourth-order valence-corrected chi connectivity index (χ4v) is 1.61. The second-order valence-corrected chi connectivity index (χ2v) is 3.77. The van der Waals surface area contributed by atoms with Crippen molar-refractivity contribution in [1.29, 1.82) is 0 Å². The molecule has 0 radical (unpaired) electrons. The summed E-state index contributed by atoms with van der Waals surface area (Å²) in [6.45, 7) is 4.02. The molecule has 0 aliphatic carbocycles. The number of hydrogen-bond donors (Lipinski definition) is 1. The van der Waals surface area contributed by atoms with Gasteiger partial charge in [-0.05, 0) is 36.6 Å². The molecule has 0 aliphatic heterocycles. The second-order valence-electron chi connectivity index (χ2n) is 3.77. The minimum atomic E-state index is -1.04. The highest BCUT2D eigenvalue weighted by Crippen LogP contribution is 2.26. The zero-order chi connectivity index (χ0) is 11.7. The maximum absolute atomic E-state index is 10.9. The Morgan fingerprint density at radius 1 is 1.19 bits per heavy atom. The smallest absolute Gasteiger partial charge is 0.372 e. The van der Waals surface area contributed by atoms with E-state index in [2.05, 4.69) is 0 Å². The summed E-state index contributed by atoms with van der Waals surface area (Å²) in [6, 6.07) is 7.52. The van der Waals surface area contributed by atoms with E-state index < -0.39 is 5.97 Å². The normalized spacial score (nSPS) is 10.4. The van der Waals surface area contributed by atoms with Crippen LogP contribution in [0.15, 0.2) is 34.9 Å². The van der Waals surface area contributed by atoms with Gasteiger partial charge in [0.2, 0.25) is 5.76 Å². The highest BCUT2D eigenvalue weighted by Gasteiger charge is 2.15. The van der Waals surface area contributed by atoms with Gasteiger partial charge in [0.15, 0.2) is 0 Å². The minimum absolute atomic E-state index is 0.0109. The predicted octanol–water partition coefficient (Wildman–Crippen LogP) is 3.26. The average molecular weight is 216 g/mol. The molecule has 1 aromatic carbocycles. The first-order valence-electron chi connectivity index (χ1n) is 4.98. The van der Waals surface area contributed by atoms with Crippen LogP contribution in [-0.4, -0.2) is 11.1 Å². The van der Waals surface area contributed by atoms with Crippen LogP contribution >= 0.6 is 0 Å².